The first-order valence-electron chi connectivity index (χ1n) is 6.55. The highest BCUT2D eigenvalue weighted by Gasteiger charge is 2.14. The van der Waals surface area contributed by atoms with Crippen LogP contribution in [0.4, 0.5) is 0 Å². The minimum Gasteiger partial charge on any atom is -0.494 e. The molecule has 3 nitrogen and oxygen atoms in total. The molecular weight excluding hydrogens is 226 g/mol. The van der Waals surface area contributed by atoms with Crippen molar-refractivity contribution in [2.75, 3.05) is 13.2 Å². The lowest BCUT2D eigenvalue weighted by Gasteiger charge is -2.14. The fourth-order valence-electron chi connectivity index (χ4n) is 1.64. The second-order valence-electron chi connectivity index (χ2n) is 4.85. The average molecular weight is 249 g/mol. The van der Waals surface area contributed by atoms with Crippen molar-refractivity contribution in [2.24, 2.45) is 5.92 Å². The highest BCUT2D eigenvalue weighted by molar-refractivity contribution is 5.99. The second-order valence-corrected chi connectivity index (χ2v) is 4.85. The van der Waals surface area contributed by atoms with E-state index in [-0.39, 0.29) is 11.8 Å². The summed E-state index contributed by atoms with van der Waals surface area (Å²) in [4.78, 5) is 12.1. The van der Waals surface area contributed by atoms with Crippen LogP contribution in [-0.2, 0) is 0 Å². The van der Waals surface area contributed by atoms with Crippen molar-refractivity contribution in [1.82, 2.24) is 5.32 Å². The van der Waals surface area contributed by atoms with Crippen LogP contribution in [0.25, 0.3) is 0 Å². The number of rotatable bonds is 7. The third-order valence-corrected chi connectivity index (χ3v) is 2.68. The summed E-state index contributed by atoms with van der Waals surface area (Å²) in [5.74, 6) is 1.47. The largest absolute Gasteiger partial charge is 0.494 e. The molecule has 0 heterocycles. The van der Waals surface area contributed by atoms with Gasteiger partial charge in [-0.15, -0.1) is 0 Å². The lowest BCUT2D eigenvalue weighted by molar-refractivity contribution is 0.0949. The molecule has 0 amide bonds. The molecule has 1 unspecified atom stereocenters. The Morgan fingerprint density at radius 2 is 1.83 bits per heavy atom. The molecule has 1 atom stereocenters. The molecule has 0 saturated carbocycles. The molecule has 0 aromatic heterocycles. The molecule has 0 radical (unpaired) electrons. The third kappa shape index (κ3) is 4.49. The molecule has 0 aliphatic rings. The minimum atomic E-state index is -0.148. The molecular formula is C15H23NO2. The van der Waals surface area contributed by atoms with E-state index in [0.29, 0.717) is 12.5 Å². The number of hydrogen-bond acceptors (Lipinski definition) is 3. The summed E-state index contributed by atoms with van der Waals surface area (Å²) in [6, 6.07) is 7.17. The van der Waals surface area contributed by atoms with Gasteiger partial charge >= 0.3 is 0 Å². The van der Waals surface area contributed by atoms with Crippen molar-refractivity contribution in [1.29, 1.82) is 0 Å². The molecule has 1 rings (SSSR count). The first kappa shape index (κ1) is 14.7. The number of nitrogens with one attached hydrogen (secondary N) is 1. The first-order chi connectivity index (χ1) is 8.54. The van der Waals surface area contributed by atoms with Gasteiger partial charge in [0.15, 0.2) is 5.78 Å². The Kier molecular flexibility index (Phi) is 5.86. The Labute approximate surface area is 110 Å². The highest BCUT2D eigenvalue weighted by Crippen LogP contribution is 2.13. The highest BCUT2D eigenvalue weighted by atomic mass is 16.5. The van der Waals surface area contributed by atoms with E-state index in [1.807, 2.05) is 38.1 Å². The van der Waals surface area contributed by atoms with Gasteiger partial charge in [0.1, 0.15) is 5.75 Å². The van der Waals surface area contributed by atoms with E-state index in [4.69, 9.17) is 4.74 Å². The lowest BCUT2D eigenvalue weighted by atomic mass is 10.0. The van der Waals surface area contributed by atoms with E-state index in [2.05, 4.69) is 19.2 Å². The van der Waals surface area contributed by atoms with Crippen molar-refractivity contribution >= 4 is 5.78 Å². The SMILES string of the molecule is CCOc1ccc(C(=O)C(C)NCC(C)C)cc1. The molecule has 0 fully saturated rings. The topological polar surface area (TPSA) is 38.3 Å². The van der Waals surface area contributed by atoms with Gasteiger partial charge in [0.2, 0.25) is 0 Å². The molecule has 100 valence electrons. The van der Waals surface area contributed by atoms with Crippen LogP contribution in [0.1, 0.15) is 38.1 Å². The first-order valence-corrected chi connectivity index (χ1v) is 6.55. The minimum absolute atomic E-state index is 0.124. The molecule has 3 heteroatoms. The number of ketones is 1. The van der Waals surface area contributed by atoms with Gasteiger partial charge in [-0.3, -0.25) is 4.79 Å². The lowest BCUT2D eigenvalue weighted by Crippen LogP contribution is -2.36. The average Bonchev–Trinajstić information content (AvgIpc) is 2.36. The van der Waals surface area contributed by atoms with Crippen molar-refractivity contribution in [3.63, 3.8) is 0 Å². The van der Waals surface area contributed by atoms with Crippen molar-refractivity contribution < 1.29 is 9.53 Å². The van der Waals surface area contributed by atoms with Gasteiger partial charge in [-0.1, -0.05) is 13.8 Å². The summed E-state index contributed by atoms with van der Waals surface area (Å²) in [5, 5.41) is 3.24. The molecule has 0 aliphatic carbocycles. The van der Waals surface area contributed by atoms with Crippen LogP contribution in [-0.4, -0.2) is 25.0 Å². The quantitative estimate of drug-likeness (QED) is 0.755. The van der Waals surface area contributed by atoms with Crippen molar-refractivity contribution in [2.45, 2.75) is 33.7 Å². The number of hydrogen-bond donors (Lipinski definition) is 1. The van der Waals surface area contributed by atoms with Crippen LogP contribution >= 0.6 is 0 Å². The summed E-state index contributed by atoms with van der Waals surface area (Å²) < 4.78 is 5.35. The molecule has 0 spiro atoms. The molecule has 0 bridgehead atoms. The van der Waals surface area contributed by atoms with E-state index in [1.54, 1.807) is 0 Å². The van der Waals surface area contributed by atoms with Crippen LogP contribution in [0.2, 0.25) is 0 Å². The zero-order valence-electron chi connectivity index (χ0n) is 11.7. The number of Topliss-reactive ketones (excluding diaryl/α,β-unsaturated/α-hetero) is 1. The van der Waals surface area contributed by atoms with Crippen LogP contribution < -0.4 is 10.1 Å². The summed E-state index contributed by atoms with van der Waals surface area (Å²) in [6.07, 6.45) is 0. The number of benzene rings is 1. The van der Waals surface area contributed by atoms with Gasteiger partial charge in [-0.25, -0.2) is 0 Å². The van der Waals surface area contributed by atoms with E-state index in [1.165, 1.54) is 0 Å². The Hall–Kier alpha value is -1.35. The zero-order valence-corrected chi connectivity index (χ0v) is 11.7. The van der Waals surface area contributed by atoms with Gasteiger partial charge in [0.25, 0.3) is 0 Å². The Morgan fingerprint density at radius 3 is 2.33 bits per heavy atom. The van der Waals surface area contributed by atoms with Crippen LogP contribution in [0.5, 0.6) is 5.75 Å². The van der Waals surface area contributed by atoms with Gasteiger partial charge < -0.3 is 10.1 Å². The van der Waals surface area contributed by atoms with Crippen molar-refractivity contribution in [3.05, 3.63) is 29.8 Å². The second kappa shape index (κ2) is 7.17. The van der Waals surface area contributed by atoms with Gasteiger partial charge in [0.05, 0.1) is 12.6 Å². The van der Waals surface area contributed by atoms with Crippen LogP contribution in [0.3, 0.4) is 0 Å². The predicted molar refractivity (Wildman–Crippen MR) is 74.2 cm³/mol. The molecule has 0 aliphatic heterocycles. The molecule has 1 aromatic carbocycles. The van der Waals surface area contributed by atoms with E-state index in [9.17, 15) is 4.79 Å². The number of carbonyl (C=O) groups is 1. The van der Waals surface area contributed by atoms with E-state index in [0.717, 1.165) is 17.9 Å². The predicted octanol–water partition coefficient (Wildman–Crippen LogP) is 2.90. The fourth-order valence-corrected chi connectivity index (χ4v) is 1.64. The Morgan fingerprint density at radius 1 is 1.22 bits per heavy atom. The summed E-state index contributed by atoms with van der Waals surface area (Å²) >= 11 is 0. The third-order valence-electron chi connectivity index (χ3n) is 2.68. The normalized spacial score (nSPS) is 12.5. The maximum Gasteiger partial charge on any atom is 0.179 e. The zero-order chi connectivity index (χ0) is 13.5. The monoisotopic (exact) mass is 249 g/mol. The van der Waals surface area contributed by atoms with E-state index < -0.39 is 0 Å². The number of carbonyl (C=O) groups excluding carboxylic acids is 1. The van der Waals surface area contributed by atoms with E-state index >= 15 is 0 Å². The maximum atomic E-state index is 12.1. The fraction of sp³-hybridized carbons (Fsp3) is 0.533. The molecule has 0 saturated heterocycles. The van der Waals surface area contributed by atoms with Gasteiger partial charge in [-0.05, 0) is 50.6 Å². The summed E-state index contributed by atoms with van der Waals surface area (Å²) in [5.41, 5.74) is 0.724. The summed E-state index contributed by atoms with van der Waals surface area (Å²) in [7, 11) is 0. The molecule has 18 heavy (non-hydrogen) atoms. The maximum absolute atomic E-state index is 12.1. The number of ether oxygens (including phenoxy) is 1. The Balaban J connectivity index is 2.60. The summed E-state index contributed by atoms with van der Waals surface area (Å²) in [6.45, 7) is 9.59. The standard InChI is InChI=1S/C15H23NO2/c1-5-18-14-8-6-13(7-9-14)15(17)12(4)16-10-11(2)3/h6-9,11-12,16H,5,10H2,1-4H3. The van der Waals surface area contributed by atoms with Crippen molar-refractivity contribution in [3.8, 4) is 5.75 Å². The van der Waals surface area contributed by atoms with Crippen LogP contribution in [0, 0.1) is 5.92 Å². The molecule has 1 aromatic rings. The van der Waals surface area contributed by atoms with Gasteiger partial charge in [0, 0.05) is 5.56 Å². The van der Waals surface area contributed by atoms with Crippen LogP contribution in [0.15, 0.2) is 24.3 Å². The Bertz CT molecular complexity index is 371. The smallest absolute Gasteiger partial charge is 0.179 e. The van der Waals surface area contributed by atoms with Gasteiger partial charge in [-0.2, -0.15) is 0 Å². The molecule has 1 N–H and O–H groups in total.